The molecule has 0 spiro atoms. The molecule has 0 radical (unpaired) electrons. The number of hydrogen-bond acceptors (Lipinski definition) is 2. The first-order valence-corrected chi connectivity index (χ1v) is 16.4. The summed E-state index contributed by atoms with van der Waals surface area (Å²) in [4.78, 5) is 2.36. The number of furan rings is 1. The molecule has 9 aromatic carbocycles. The highest BCUT2D eigenvalue weighted by atomic mass is 16.3. The van der Waals surface area contributed by atoms with Gasteiger partial charge >= 0.3 is 0 Å². The average molecular weight is 612 g/mol. The topological polar surface area (TPSA) is 16.4 Å². The van der Waals surface area contributed by atoms with E-state index < -0.39 is 0 Å². The Labute approximate surface area is 277 Å². The molecule has 0 unspecified atom stereocenters. The monoisotopic (exact) mass is 611 g/mol. The normalized spacial score (nSPS) is 11.8. The van der Waals surface area contributed by atoms with Crippen LogP contribution in [0.5, 0.6) is 0 Å². The van der Waals surface area contributed by atoms with E-state index in [1.165, 1.54) is 59.6 Å². The van der Waals surface area contributed by atoms with Crippen molar-refractivity contribution in [3.63, 3.8) is 0 Å². The van der Waals surface area contributed by atoms with E-state index in [4.69, 9.17) is 4.42 Å². The van der Waals surface area contributed by atoms with E-state index >= 15 is 0 Å². The standard InChI is InChI=1S/C46H29NO/c1-2-15-33(16-3-1)47(35-25-24-30-12-4-5-13-31(30)28-35)34-17-10-14-32(29-34)36-21-11-22-38-40-26-27-43-46(41-20-8-9-23-42(41)48-43)45(40)39-19-7-6-18-37(39)44(36)38/h1-29H. The molecule has 2 nitrogen and oxygen atoms in total. The van der Waals surface area contributed by atoms with Crippen molar-refractivity contribution in [2.24, 2.45) is 0 Å². The summed E-state index contributed by atoms with van der Waals surface area (Å²) in [5.74, 6) is 0. The fourth-order valence-corrected chi connectivity index (χ4v) is 7.70. The molecule has 0 saturated heterocycles. The van der Waals surface area contributed by atoms with Crippen molar-refractivity contribution in [1.82, 2.24) is 0 Å². The summed E-state index contributed by atoms with van der Waals surface area (Å²) < 4.78 is 6.34. The van der Waals surface area contributed by atoms with Gasteiger partial charge in [-0.3, -0.25) is 0 Å². The molecule has 0 aliphatic carbocycles. The van der Waals surface area contributed by atoms with Crippen LogP contribution in [0.15, 0.2) is 180 Å². The number of benzene rings is 9. The van der Waals surface area contributed by atoms with Gasteiger partial charge in [-0.05, 0) is 103 Å². The van der Waals surface area contributed by atoms with Crippen molar-refractivity contribution in [2.75, 3.05) is 4.90 Å². The van der Waals surface area contributed by atoms with Crippen LogP contribution in [-0.2, 0) is 0 Å². The Hall–Kier alpha value is -6.38. The molecule has 0 N–H and O–H groups in total. The van der Waals surface area contributed by atoms with E-state index in [0.29, 0.717) is 0 Å². The second kappa shape index (κ2) is 10.6. The highest BCUT2D eigenvalue weighted by molar-refractivity contribution is 6.36. The van der Waals surface area contributed by atoms with Crippen LogP contribution in [0, 0.1) is 0 Å². The third-order valence-corrected chi connectivity index (χ3v) is 9.78. The van der Waals surface area contributed by atoms with Crippen molar-refractivity contribution >= 4 is 82.1 Å². The third kappa shape index (κ3) is 4.06. The number of fused-ring (bicyclic) bond motifs is 11. The van der Waals surface area contributed by atoms with E-state index in [1.807, 2.05) is 6.07 Å². The first-order valence-electron chi connectivity index (χ1n) is 16.4. The smallest absolute Gasteiger partial charge is 0.136 e. The number of hydrogen-bond donors (Lipinski definition) is 0. The molecular weight excluding hydrogens is 583 g/mol. The van der Waals surface area contributed by atoms with Gasteiger partial charge in [0.2, 0.25) is 0 Å². The van der Waals surface area contributed by atoms with E-state index in [0.717, 1.165) is 33.6 Å². The summed E-state index contributed by atoms with van der Waals surface area (Å²) in [6.07, 6.45) is 0. The van der Waals surface area contributed by atoms with Gasteiger partial charge in [-0.1, -0.05) is 121 Å². The molecular formula is C46H29NO. The minimum atomic E-state index is 0.920. The molecule has 48 heavy (non-hydrogen) atoms. The molecule has 0 atom stereocenters. The SMILES string of the molecule is c1ccc(N(c2cccc(-c3cccc4c5ccc6oc7ccccc7c6c5c5ccccc5c34)c2)c2ccc3ccccc3c2)cc1. The fraction of sp³-hybridized carbons (Fsp3) is 0. The van der Waals surface area contributed by atoms with Crippen LogP contribution >= 0.6 is 0 Å². The Bertz CT molecular complexity index is 2820. The minimum absolute atomic E-state index is 0.920. The first-order chi connectivity index (χ1) is 23.8. The van der Waals surface area contributed by atoms with Crippen LogP contribution in [-0.4, -0.2) is 0 Å². The number of rotatable bonds is 4. The molecule has 0 aliphatic rings. The lowest BCUT2D eigenvalue weighted by molar-refractivity contribution is 0.669. The average Bonchev–Trinajstić information content (AvgIpc) is 3.54. The molecule has 1 aromatic heterocycles. The van der Waals surface area contributed by atoms with Crippen molar-refractivity contribution in [3.8, 4) is 11.1 Å². The lowest BCUT2D eigenvalue weighted by Gasteiger charge is -2.26. The molecule has 10 aromatic rings. The molecule has 224 valence electrons. The summed E-state index contributed by atoms with van der Waals surface area (Å²) in [7, 11) is 0. The van der Waals surface area contributed by atoms with Crippen LogP contribution in [0.25, 0.3) is 76.2 Å². The summed E-state index contributed by atoms with van der Waals surface area (Å²) in [5.41, 5.74) is 7.60. The third-order valence-electron chi connectivity index (χ3n) is 9.78. The summed E-state index contributed by atoms with van der Waals surface area (Å²) in [6.45, 7) is 0. The summed E-state index contributed by atoms with van der Waals surface area (Å²) >= 11 is 0. The molecule has 10 rings (SSSR count). The summed E-state index contributed by atoms with van der Waals surface area (Å²) in [6, 6.07) is 63.3. The molecule has 0 aliphatic heterocycles. The highest BCUT2D eigenvalue weighted by Crippen LogP contribution is 2.46. The van der Waals surface area contributed by atoms with Gasteiger partial charge in [-0.15, -0.1) is 0 Å². The molecule has 1 heterocycles. The lowest BCUT2D eigenvalue weighted by atomic mass is 9.88. The molecule has 0 amide bonds. The van der Waals surface area contributed by atoms with Crippen molar-refractivity contribution < 1.29 is 4.42 Å². The van der Waals surface area contributed by atoms with E-state index in [-0.39, 0.29) is 0 Å². The van der Waals surface area contributed by atoms with Crippen LogP contribution in [0.4, 0.5) is 17.1 Å². The largest absolute Gasteiger partial charge is 0.456 e. The Morgan fingerprint density at radius 1 is 0.333 bits per heavy atom. The maximum absolute atomic E-state index is 6.34. The second-order valence-corrected chi connectivity index (χ2v) is 12.5. The van der Waals surface area contributed by atoms with E-state index in [9.17, 15) is 0 Å². The minimum Gasteiger partial charge on any atom is -0.456 e. The van der Waals surface area contributed by atoms with Gasteiger partial charge < -0.3 is 9.32 Å². The van der Waals surface area contributed by atoms with Crippen molar-refractivity contribution in [2.45, 2.75) is 0 Å². The Balaban J connectivity index is 1.23. The van der Waals surface area contributed by atoms with Gasteiger partial charge in [0, 0.05) is 33.2 Å². The molecule has 0 saturated carbocycles. The maximum atomic E-state index is 6.34. The second-order valence-electron chi connectivity index (χ2n) is 12.5. The van der Waals surface area contributed by atoms with Gasteiger partial charge in [-0.2, -0.15) is 0 Å². The highest BCUT2D eigenvalue weighted by Gasteiger charge is 2.19. The van der Waals surface area contributed by atoms with Gasteiger partial charge in [0.15, 0.2) is 0 Å². The van der Waals surface area contributed by atoms with Gasteiger partial charge in [0.1, 0.15) is 11.2 Å². The number of para-hydroxylation sites is 2. The van der Waals surface area contributed by atoms with Gasteiger partial charge in [0.05, 0.1) is 0 Å². The van der Waals surface area contributed by atoms with Crippen molar-refractivity contribution in [3.05, 3.63) is 176 Å². The number of nitrogens with zero attached hydrogens (tertiary/aromatic N) is 1. The first kappa shape index (κ1) is 26.8. The number of anilines is 3. The van der Waals surface area contributed by atoms with Crippen LogP contribution in [0.1, 0.15) is 0 Å². The predicted octanol–water partition coefficient (Wildman–Crippen LogP) is 13.3. The lowest BCUT2D eigenvalue weighted by Crippen LogP contribution is -2.09. The predicted molar refractivity (Wildman–Crippen MR) is 204 cm³/mol. The van der Waals surface area contributed by atoms with E-state index in [2.05, 4.69) is 175 Å². The maximum Gasteiger partial charge on any atom is 0.136 e. The van der Waals surface area contributed by atoms with Gasteiger partial charge in [0.25, 0.3) is 0 Å². The Morgan fingerprint density at radius 3 is 1.81 bits per heavy atom. The fourth-order valence-electron chi connectivity index (χ4n) is 7.70. The van der Waals surface area contributed by atoms with Crippen molar-refractivity contribution in [1.29, 1.82) is 0 Å². The Morgan fingerprint density at radius 2 is 0.958 bits per heavy atom. The molecule has 0 bridgehead atoms. The van der Waals surface area contributed by atoms with Crippen LogP contribution in [0.3, 0.4) is 0 Å². The van der Waals surface area contributed by atoms with Crippen LogP contribution < -0.4 is 4.90 Å². The zero-order valence-corrected chi connectivity index (χ0v) is 26.1. The molecule has 2 heteroatoms. The van der Waals surface area contributed by atoms with E-state index in [1.54, 1.807) is 0 Å². The van der Waals surface area contributed by atoms with Crippen LogP contribution in [0.2, 0.25) is 0 Å². The zero-order chi connectivity index (χ0) is 31.6. The quantitative estimate of drug-likeness (QED) is 0.184. The summed E-state index contributed by atoms with van der Waals surface area (Å²) in [5, 5.41) is 12.3. The van der Waals surface area contributed by atoms with Gasteiger partial charge in [-0.25, -0.2) is 0 Å². The molecule has 0 fully saturated rings. The zero-order valence-electron chi connectivity index (χ0n) is 26.1. The Kier molecular flexibility index (Phi) is 5.91.